The summed E-state index contributed by atoms with van der Waals surface area (Å²) in [5, 5.41) is 9.30. The number of hydrogen-bond acceptors (Lipinski definition) is 3. The maximum atomic E-state index is 11.3. The number of rotatable bonds is 2. The van der Waals surface area contributed by atoms with Crippen LogP contribution in [-0.4, -0.2) is 32.1 Å². The molecule has 0 bridgehead atoms. The van der Waals surface area contributed by atoms with E-state index in [9.17, 15) is 9.90 Å². The molecule has 1 N–H and O–H groups in total. The molecule has 1 aromatic rings. The van der Waals surface area contributed by atoms with Gasteiger partial charge in [-0.05, 0) is 19.1 Å². The van der Waals surface area contributed by atoms with Gasteiger partial charge in [-0.1, -0.05) is 0 Å². The van der Waals surface area contributed by atoms with Crippen LogP contribution >= 0.6 is 11.8 Å². The first-order valence-corrected chi connectivity index (χ1v) is 5.64. The van der Waals surface area contributed by atoms with Gasteiger partial charge in [0.1, 0.15) is 5.82 Å². The Morgan fingerprint density at radius 3 is 3.00 bits per heavy atom. The summed E-state index contributed by atoms with van der Waals surface area (Å²) in [7, 11) is 0. The van der Waals surface area contributed by atoms with E-state index in [2.05, 4.69) is 4.98 Å². The van der Waals surface area contributed by atoms with Crippen molar-refractivity contribution in [2.24, 2.45) is 0 Å². The zero-order valence-corrected chi connectivity index (χ0v) is 8.75. The molecule has 0 spiro atoms. The van der Waals surface area contributed by atoms with E-state index in [4.69, 9.17) is 0 Å². The van der Waals surface area contributed by atoms with Crippen LogP contribution in [-0.2, 0) is 10.3 Å². The lowest BCUT2D eigenvalue weighted by atomic mass is 9.99. The van der Waals surface area contributed by atoms with Gasteiger partial charge in [-0.2, -0.15) is 11.8 Å². The highest BCUT2D eigenvalue weighted by Crippen LogP contribution is 2.35. The van der Waals surface area contributed by atoms with Crippen molar-refractivity contribution >= 4 is 17.7 Å². The number of hydrogen-bond donors (Lipinski definition) is 1. The summed E-state index contributed by atoms with van der Waals surface area (Å²) in [5.41, 5.74) is -0.759. The summed E-state index contributed by atoms with van der Waals surface area (Å²) in [6.07, 6.45) is 4.10. The molecule has 1 aromatic heterocycles. The molecular weight excluding hydrogens is 200 g/mol. The van der Waals surface area contributed by atoms with Crippen LogP contribution in [0.5, 0.6) is 0 Å². The second-order valence-corrected chi connectivity index (χ2v) is 4.59. The Kier molecular flexibility index (Phi) is 2.26. The van der Waals surface area contributed by atoms with Crippen molar-refractivity contribution < 1.29 is 9.90 Å². The van der Waals surface area contributed by atoms with Crippen molar-refractivity contribution in [3.05, 3.63) is 18.2 Å². The topological polar surface area (TPSA) is 55.1 Å². The molecular formula is C9H12N2O2S. The first-order valence-electron chi connectivity index (χ1n) is 4.48. The molecule has 4 nitrogen and oxygen atoms in total. The Balaban J connectivity index is 2.46. The van der Waals surface area contributed by atoms with Crippen LogP contribution in [0.15, 0.2) is 12.4 Å². The standard InChI is InChI=1S/C9H12N2O2S/c1-7-10-3-4-11(7)9(8(12)13)2-5-14-6-9/h3-4H,2,5-6H2,1H3,(H,12,13). The smallest absolute Gasteiger partial charge is 0.330 e. The summed E-state index contributed by atoms with van der Waals surface area (Å²) in [5.74, 6) is 1.57. The van der Waals surface area contributed by atoms with Crippen molar-refractivity contribution in [2.45, 2.75) is 18.9 Å². The van der Waals surface area contributed by atoms with Crippen LogP contribution in [0.25, 0.3) is 0 Å². The fraction of sp³-hybridized carbons (Fsp3) is 0.556. The van der Waals surface area contributed by atoms with E-state index in [-0.39, 0.29) is 0 Å². The summed E-state index contributed by atoms with van der Waals surface area (Å²) < 4.78 is 1.79. The maximum absolute atomic E-state index is 11.3. The number of thioether (sulfide) groups is 1. The van der Waals surface area contributed by atoms with Crippen LogP contribution < -0.4 is 0 Å². The molecule has 1 aliphatic rings. The number of carboxylic acids is 1. The van der Waals surface area contributed by atoms with Crippen LogP contribution in [0.3, 0.4) is 0 Å². The normalized spacial score (nSPS) is 26.6. The predicted molar refractivity (Wildman–Crippen MR) is 54.5 cm³/mol. The molecule has 2 rings (SSSR count). The van der Waals surface area contributed by atoms with Gasteiger partial charge in [-0.25, -0.2) is 9.78 Å². The fourth-order valence-electron chi connectivity index (χ4n) is 1.85. The Morgan fingerprint density at radius 1 is 1.79 bits per heavy atom. The molecule has 2 heterocycles. The molecule has 0 radical (unpaired) electrons. The lowest BCUT2D eigenvalue weighted by molar-refractivity contribution is -0.146. The summed E-state index contributed by atoms with van der Waals surface area (Å²) in [6.45, 7) is 1.84. The predicted octanol–water partition coefficient (Wildman–Crippen LogP) is 1.11. The molecule has 1 aliphatic heterocycles. The zero-order valence-electron chi connectivity index (χ0n) is 7.93. The van der Waals surface area contributed by atoms with E-state index < -0.39 is 11.5 Å². The lowest BCUT2D eigenvalue weighted by Gasteiger charge is -2.26. The average Bonchev–Trinajstić information content (AvgIpc) is 2.72. The molecule has 1 saturated heterocycles. The Labute approximate surface area is 86.3 Å². The molecule has 1 fully saturated rings. The molecule has 5 heteroatoms. The third-order valence-corrected chi connectivity index (χ3v) is 3.86. The third kappa shape index (κ3) is 1.23. The molecule has 14 heavy (non-hydrogen) atoms. The van der Waals surface area contributed by atoms with Crippen LogP contribution in [0.4, 0.5) is 0 Å². The van der Waals surface area contributed by atoms with Crippen LogP contribution in [0.1, 0.15) is 12.2 Å². The Morgan fingerprint density at radius 2 is 2.57 bits per heavy atom. The molecule has 1 unspecified atom stereocenters. The van der Waals surface area contributed by atoms with Gasteiger partial charge in [0.25, 0.3) is 0 Å². The van der Waals surface area contributed by atoms with Gasteiger partial charge in [0.15, 0.2) is 5.54 Å². The van der Waals surface area contributed by atoms with Crippen molar-refractivity contribution in [1.82, 2.24) is 9.55 Å². The molecule has 0 aliphatic carbocycles. The molecule has 76 valence electrons. The second-order valence-electron chi connectivity index (χ2n) is 3.48. The average molecular weight is 212 g/mol. The minimum atomic E-state index is -0.759. The number of aryl methyl sites for hydroxylation is 1. The molecule has 0 aromatic carbocycles. The number of carboxylic acid groups (broad SMARTS) is 1. The monoisotopic (exact) mass is 212 g/mol. The number of aromatic nitrogens is 2. The van der Waals surface area contributed by atoms with Crippen molar-refractivity contribution in [3.8, 4) is 0 Å². The van der Waals surface area contributed by atoms with E-state index in [0.717, 1.165) is 11.6 Å². The van der Waals surface area contributed by atoms with Gasteiger partial charge in [0.2, 0.25) is 0 Å². The minimum Gasteiger partial charge on any atom is -0.479 e. The Bertz CT molecular complexity index is 355. The van der Waals surface area contributed by atoms with Gasteiger partial charge in [-0.3, -0.25) is 0 Å². The SMILES string of the molecule is Cc1nccn1C1(C(=O)O)CCSC1. The maximum Gasteiger partial charge on any atom is 0.330 e. The third-order valence-electron chi connectivity index (χ3n) is 2.69. The van der Waals surface area contributed by atoms with Crippen LogP contribution in [0.2, 0.25) is 0 Å². The summed E-state index contributed by atoms with van der Waals surface area (Å²) >= 11 is 1.69. The van der Waals surface area contributed by atoms with Crippen molar-refractivity contribution in [2.75, 3.05) is 11.5 Å². The quantitative estimate of drug-likeness (QED) is 0.797. The van der Waals surface area contributed by atoms with Gasteiger partial charge in [-0.15, -0.1) is 0 Å². The van der Waals surface area contributed by atoms with Gasteiger partial charge in [0, 0.05) is 18.1 Å². The van der Waals surface area contributed by atoms with Gasteiger partial charge < -0.3 is 9.67 Å². The van der Waals surface area contributed by atoms with E-state index >= 15 is 0 Å². The van der Waals surface area contributed by atoms with Crippen molar-refractivity contribution in [3.63, 3.8) is 0 Å². The van der Waals surface area contributed by atoms with E-state index in [1.54, 1.807) is 28.7 Å². The summed E-state index contributed by atoms with van der Waals surface area (Å²) in [6, 6.07) is 0. The first kappa shape index (κ1) is 9.58. The van der Waals surface area contributed by atoms with E-state index in [1.165, 1.54) is 0 Å². The van der Waals surface area contributed by atoms with E-state index in [1.807, 2.05) is 6.92 Å². The molecule has 1 atom stereocenters. The highest BCUT2D eigenvalue weighted by atomic mass is 32.2. The number of aliphatic carboxylic acids is 1. The number of nitrogens with zero attached hydrogens (tertiary/aromatic N) is 2. The zero-order chi connectivity index (χ0) is 10.2. The molecule has 0 saturated carbocycles. The lowest BCUT2D eigenvalue weighted by Crippen LogP contribution is -2.42. The number of carbonyl (C=O) groups is 1. The summed E-state index contributed by atoms with van der Waals surface area (Å²) in [4.78, 5) is 15.4. The van der Waals surface area contributed by atoms with Gasteiger partial charge in [0.05, 0.1) is 0 Å². The minimum absolute atomic E-state index is 0.638. The molecule has 0 amide bonds. The number of imidazole rings is 1. The van der Waals surface area contributed by atoms with Crippen LogP contribution in [0, 0.1) is 6.92 Å². The Hall–Kier alpha value is -0.970. The van der Waals surface area contributed by atoms with Gasteiger partial charge >= 0.3 is 5.97 Å². The fourth-order valence-corrected chi connectivity index (χ4v) is 3.22. The highest BCUT2D eigenvalue weighted by molar-refractivity contribution is 7.99. The highest BCUT2D eigenvalue weighted by Gasteiger charge is 2.44. The first-order chi connectivity index (χ1) is 6.67. The van der Waals surface area contributed by atoms with E-state index in [0.29, 0.717) is 12.2 Å². The van der Waals surface area contributed by atoms with Crippen molar-refractivity contribution in [1.29, 1.82) is 0 Å². The second kappa shape index (κ2) is 3.31. The largest absolute Gasteiger partial charge is 0.479 e.